The van der Waals surface area contributed by atoms with Crippen molar-refractivity contribution in [3.8, 4) is 11.5 Å². The summed E-state index contributed by atoms with van der Waals surface area (Å²) in [6, 6.07) is 9.28. The Hall–Kier alpha value is -2.70. The van der Waals surface area contributed by atoms with Crippen molar-refractivity contribution in [3.63, 3.8) is 0 Å². The predicted molar refractivity (Wildman–Crippen MR) is 127 cm³/mol. The van der Waals surface area contributed by atoms with Gasteiger partial charge in [0.15, 0.2) is 0 Å². The lowest BCUT2D eigenvalue weighted by molar-refractivity contribution is -0.141. The third-order valence-corrected chi connectivity index (χ3v) is 6.82. The zero-order chi connectivity index (χ0) is 23.7. The van der Waals surface area contributed by atoms with Crippen LogP contribution in [-0.4, -0.2) is 42.0 Å². The summed E-state index contributed by atoms with van der Waals surface area (Å²) in [4.78, 5) is 28.3. The number of aliphatic hydroxyl groups is 1. The number of hydrogen-bond donors (Lipinski definition) is 1. The minimum atomic E-state index is -0.773. The van der Waals surface area contributed by atoms with E-state index in [9.17, 15) is 14.7 Å². The fourth-order valence-electron chi connectivity index (χ4n) is 4.81. The number of hydrogen-bond acceptors (Lipinski definition) is 5. The molecular formula is C25H25Cl2NO5. The van der Waals surface area contributed by atoms with Gasteiger partial charge in [-0.2, -0.15) is 0 Å². The van der Waals surface area contributed by atoms with E-state index >= 15 is 0 Å². The molecule has 1 unspecified atom stereocenters. The molecule has 33 heavy (non-hydrogen) atoms. The minimum Gasteiger partial charge on any atom is -0.507 e. The Morgan fingerprint density at radius 2 is 1.76 bits per heavy atom. The van der Waals surface area contributed by atoms with E-state index < -0.39 is 17.7 Å². The molecule has 1 aliphatic heterocycles. The summed E-state index contributed by atoms with van der Waals surface area (Å²) >= 11 is 12.5. The molecule has 0 radical (unpaired) electrons. The summed E-state index contributed by atoms with van der Waals surface area (Å²) in [5.41, 5.74) is 0.813. The number of aliphatic hydroxyl groups excluding tert-OH is 1. The van der Waals surface area contributed by atoms with Gasteiger partial charge in [0.25, 0.3) is 11.7 Å². The van der Waals surface area contributed by atoms with Gasteiger partial charge in [0.1, 0.15) is 17.3 Å². The summed E-state index contributed by atoms with van der Waals surface area (Å²) in [6.07, 6.45) is 4.68. The number of rotatable bonds is 5. The van der Waals surface area contributed by atoms with E-state index in [2.05, 4.69) is 0 Å². The second kappa shape index (κ2) is 9.65. The van der Waals surface area contributed by atoms with E-state index in [4.69, 9.17) is 32.7 Å². The summed E-state index contributed by atoms with van der Waals surface area (Å²) in [7, 11) is 2.96. The molecule has 8 heteroatoms. The van der Waals surface area contributed by atoms with Crippen LogP contribution in [0, 0.1) is 0 Å². The van der Waals surface area contributed by atoms with Crippen LogP contribution in [0.1, 0.15) is 49.3 Å². The van der Waals surface area contributed by atoms with Crippen LogP contribution in [0.15, 0.2) is 42.0 Å². The fraction of sp³-hybridized carbons (Fsp3) is 0.360. The lowest BCUT2D eigenvalue weighted by Crippen LogP contribution is -2.40. The molecule has 2 aliphatic rings. The summed E-state index contributed by atoms with van der Waals surface area (Å²) in [5.74, 6) is -0.981. The van der Waals surface area contributed by atoms with E-state index in [1.54, 1.807) is 30.2 Å². The van der Waals surface area contributed by atoms with Crippen LogP contribution in [0.25, 0.3) is 5.76 Å². The Morgan fingerprint density at radius 3 is 2.42 bits per heavy atom. The van der Waals surface area contributed by atoms with Crippen molar-refractivity contribution in [2.45, 2.75) is 44.2 Å². The zero-order valence-corrected chi connectivity index (χ0v) is 19.9. The second-order valence-corrected chi connectivity index (χ2v) is 9.09. The van der Waals surface area contributed by atoms with Crippen molar-refractivity contribution < 1.29 is 24.2 Å². The first-order chi connectivity index (χ1) is 15.9. The average Bonchev–Trinajstić information content (AvgIpc) is 3.09. The van der Waals surface area contributed by atoms with Gasteiger partial charge in [0, 0.05) is 11.1 Å². The monoisotopic (exact) mass is 489 g/mol. The molecule has 1 amide bonds. The number of methoxy groups -OCH3 is 2. The fourth-order valence-corrected chi connectivity index (χ4v) is 5.38. The van der Waals surface area contributed by atoms with E-state index in [1.807, 2.05) is 6.07 Å². The summed E-state index contributed by atoms with van der Waals surface area (Å²) in [5, 5.41) is 11.8. The number of amides is 1. The topological polar surface area (TPSA) is 76.1 Å². The Morgan fingerprint density at radius 1 is 1.03 bits per heavy atom. The third-order valence-electron chi connectivity index (χ3n) is 6.33. The number of halogens is 2. The minimum absolute atomic E-state index is 0.0181. The summed E-state index contributed by atoms with van der Waals surface area (Å²) in [6.45, 7) is 0. The van der Waals surface area contributed by atoms with Crippen molar-refractivity contribution in [1.29, 1.82) is 0 Å². The van der Waals surface area contributed by atoms with E-state index in [1.165, 1.54) is 19.2 Å². The number of ether oxygens (including phenoxy) is 2. The van der Waals surface area contributed by atoms with Crippen molar-refractivity contribution in [2.24, 2.45) is 0 Å². The van der Waals surface area contributed by atoms with Crippen LogP contribution in [0.3, 0.4) is 0 Å². The molecule has 174 valence electrons. The van der Waals surface area contributed by atoms with Gasteiger partial charge < -0.3 is 19.5 Å². The summed E-state index contributed by atoms with van der Waals surface area (Å²) < 4.78 is 10.8. The molecule has 1 heterocycles. The first-order valence-electron chi connectivity index (χ1n) is 10.8. The number of ketones is 1. The van der Waals surface area contributed by atoms with Gasteiger partial charge in [0.2, 0.25) is 0 Å². The standard InChI is InChI=1S/C25H25Cl2NO5/c1-32-17-10-6-7-14(11-17)21-20(22(29)18-12-15(26)13-19(27)24(18)33-2)23(30)25(31)28(21)16-8-4-3-5-9-16/h6-7,10-13,16,21,29H,3-5,8-9H2,1-2H3/b22-20+. The van der Waals surface area contributed by atoms with Crippen LogP contribution >= 0.6 is 23.2 Å². The van der Waals surface area contributed by atoms with Gasteiger partial charge in [-0.05, 0) is 42.7 Å². The quantitative estimate of drug-likeness (QED) is 0.328. The molecule has 2 aromatic carbocycles. The number of nitrogens with zero attached hydrogens (tertiary/aromatic N) is 1. The zero-order valence-electron chi connectivity index (χ0n) is 18.4. The smallest absolute Gasteiger partial charge is 0.295 e. The van der Waals surface area contributed by atoms with Crippen LogP contribution in [-0.2, 0) is 9.59 Å². The SMILES string of the molecule is COc1cccc(C2/C(=C(\O)c3cc(Cl)cc(Cl)c3OC)C(=O)C(=O)N2C2CCCCC2)c1. The molecule has 4 rings (SSSR count). The number of benzene rings is 2. The highest BCUT2D eigenvalue weighted by Crippen LogP contribution is 2.45. The molecule has 1 saturated carbocycles. The second-order valence-electron chi connectivity index (χ2n) is 8.24. The van der Waals surface area contributed by atoms with Crippen molar-refractivity contribution in [2.75, 3.05) is 14.2 Å². The van der Waals surface area contributed by atoms with Crippen molar-refractivity contribution >= 4 is 40.7 Å². The predicted octanol–water partition coefficient (Wildman–Crippen LogP) is 5.77. The third kappa shape index (κ3) is 4.30. The van der Waals surface area contributed by atoms with Gasteiger partial charge in [-0.1, -0.05) is 54.6 Å². The highest BCUT2D eigenvalue weighted by Gasteiger charge is 2.49. The van der Waals surface area contributed by atoms with Crippen molar-refractivity contribution in [1.82, 2.24) is 4.90 Å². The largest absolute Gasteiger partial charge is 0.507 e. The highest BCUT2D eigenvalue weighted by atomic mass is 35.5. The molecule has 2 aromatic rings. The molecule has 1 N–H and O–H groups in total. The molecule has 0 bridgehead atoms. The molecule has 1 atom stereocenters. The molecule has 0 spiro atoms. The van der Waals surface area contributed by atoms with Gasteiger partial charge in [-0.25, -0.2) is 0 Å². The molecule has 6 nitrogen and oxygen atoms in total. The van der Waals surface area contributed by atoms with Crippen LogP contribution in [0.5, 0.6) is 11.5 Å². The first kappa shape index (κ1) is 23.5. The number of carbonyl (C=O) groups excluding carboxylic acids is 2. The molecule has 2 fully saturated rings. The van der Waals surface area contributed by atoms with Crippen LogP contribution < -0.4 is 9.47 Å². The molecule has 0 aromatic heterocycles. The van der Waals surface area contributed by atoms with E-state index in [-0.39, 0.29) is 38.7 Å². The van der Waals surface area contributed by atoms with E-state index in [0.29, 0.717) is 11.3 Å². The lowest BCUT2D eigenvalue weighted by Gasteiger charge is -2.35. The number of Topliss-reactive ketones (excluding diaryl/α,β-unsaturated/α-hetero) is 1. The number of carbonyl (C=O) groups is 2. The Bertz CT molecular complexity index is 1120. The van der Waals surface area contributed by atoms with Gasteiger partial charge in [0.05, 0.1) is 36.4 Å². The van der Waals surface area contributed by atoms with E-state index in [0.717, 1.165) is 32.1 Å². The van der Waals surface area contributed by atoms with Gasteiger partial charge >= 0.3 is 0 Å². The molecule has 1 aliphatic carbocycles. The Balaban J connectivity index is 1.95. The van der Waals surface area contributed by atoms with Crippen LogP contribution in [0.4, 0.5) is 0 Å². The maximum Gasteiger partial charge on any atom is 0.295 e. The first-order valence-corrected chi connectivity index (χ1v) is 11.6. The molecule has 1 saturated heterocycles. The highest BCUT2D eigenvalue weighted by molar-refractivity contribution is 6.47. The number of likely N-dealkylation sites (tertiary alicyclic amines) is 1. The normalized spacial score (nSPS) is 20.8. The maximum atomic E-state index is 13.3. The van der Waals surface area contributed by atoms with Gasteiger partial charge in [-0.15, -0.1) is 0 Å². The average molecular weight is 490 g/mol. The Kier molecular flexibility index (Phi) is 6.86. The van der Waals surface area contributed by atoms with Crippen LogP contribution in [0.2, 0.25) is 10.0 Å². The maximum absolute atomic E-state index is 13.3. The van der Waals surface area contributed by atoms with Gasteiger partial charge in [-0.3, -0.25) is 9.59 Å². The molecular weight excluding hydrogens is 465 g/mol. The lowest BCUT2D eigenvalue weighted by atomic mass is 9.90. The Labute approximate surface area is 202 Å². The van der Waals surface area contributed by atoms with Crippen molar-refractivity contribution in [3.05, 3.63) is 63.1 Å².